The van der Waals surface area contributed by atoms with Gasteiger partial charge in [0.05, 0.1) is 5.75 Å². The van der Waals surface area contributed by atoms with Crippen LogP contribution in [0.15, 0.2) is 22.7 Å². The van der Waals surface area contributed by atoms with Crippen LogP contribution in [0.2, 0.25) is 0 Å². The van der Waals surface area contributed by atoms with Crippen molar-refractivity contribution < 1.29 is 13.2 Å². The molecule has 1 N–H and O–H groups in total. The molecule has 18 heavy (non-hydrogen) atoms. The Morgan fingerprint density at radius 3 is 2.56 bits per heavy atom. The summed E-state index contributed by atoms with van der Waals surface area (Å²) in [5.74, 6) is -0.188. The van der Waals surface area contributed by atoms with Gasteiger partial charge in [0.1, 0.15) is 0 Å². The Morgan fingerprint density at radius 2 is 2.00 bits per heavy atom. The number of hydrogen-bond donors (Lipinski definition) is 1. The van der Waals surface area contributed by atoms with Crippen molar-refractivity contribution in [3.8, 4) is 0 Å². The van der Waals surface area contributed by atoms with Crippen LogP contribution in [0.1, 0.15) is 22.8 Å². The van der Waals surface area contributed by atoms with E-state index in [1.807, 2.05) is 13.0 Å². The molecule has 1 rings (SSSR count). The second-order valence-corrected chi connectivity index (χ2v) is 7.40. The van der Waals surface area contributed by atoms with Gasteiger partial charge in [-0.3, -0.25) is 4.79 Å². The molecule has 0 aliphatic carbocycles. The first-order valence-electron chi connectivity index (χ1n) is 5.60. The molecule has 1 aromatic rings. The number of sulfone groups is 1. The molecule has 6 heteroatoms. The van der Waals surface area contributed by atoms with Crippen LogP contribution in [0.3, 0.4) is 0 Å². The lowest BCUT2D eigenvalue weighted by Crippen LogP contribution is -2.29. The fourth-order valence-corrected chi connectivity index (χ4v) is 2.74. The molecule has 0 saturated heterocycles. The summed E-state index contributed by atoms with van der Waals surface area (Å²) in [7, 11) is -3.04. The Bertz CT molecular complexity index is 520. The number of benzene rings is 1. The van der Waals surface area contributed by atoms with Crippen LogP contribution in [-0.2, 0) is 9.84 Å². The van der Waals surface area contributed by atoms with E-state index in [9.17, 15) is 13.2 Å². The van der Waals surface area contributed by atoms with Crippen molar-refractivity contribution in [2.24, 2.45) is 0 Å². The first-order valence-corrected chi connectivity index (χ1v) is 8.21. The lowest BCUT2D eigenvalue weighted by Gasteiger charge is -2.06. The summed E-state index contributed by atoms with van der Waals surface area (Å²) in [6, 6.07) is 5.36. The molecule has 1 aromatic carbocycles. The van der Waals surface area contributed by atoms with E-state index in [1.54, 1.807) is 19.1 Å². The monoisotopic (exact) mass is 333 g/mol. The number of rotatable bonds is 5. The Hall–Kier alpha value is -0.880. The molecule has 0 aliphatic heterocycles. The van der Waals surface area contributed by atoms with E-state index in [1.165, 1.54) is 0 Å². The second-order valence-electron chi connectivity index (χ2n) is 4.01. The summed E-state index contributed by atoms with van der Waals surface area (Å²) in [6.45, 7) is 3.62. The summed E-state index contributed by atoms with van der Waals surface area (Å²) in [5.41, 5.74) is 1.49. The number of amides is 1. The van der Waals surface area contributed by atoms with E-state index in [-0.39, 0.29) is 24.0 Å². The normalized spacial score (nSPS) is 11.3. The van der Waals surface area contributed by atoms with Crippen LogP contribution >= 0.6 is 15.9 Å². The number of halogens is 1. The lowest BCUT2D eigenvalue weighted by molar-refractivity contribution is 0.0956. The van der Waals surface area contributed by atoms with Gasteiger partial charge in [-0.25, -0.2) is 8.42 Å². The number of carbonyl (C=O) groups excluding carboxylic acids is 1. The molecular weight excluding hydrogens is 318 g/mol. The van der Waals surface area contributed by atoms with Crippen molar-refractivity contribution in [2.45, 2.75) is 13.8 Å². The molecule has 0 atom stereocenters. The minimum atomic E-state index is -3.04. The van der Waals surface area contributed by atoms with Gasteiger partial charge < -0.3 is 5.32 Å². The fraction of sp³-hybridized carbons (Fsp3) is 0.417. The number of carbonyl (C=O) groups is 1. The van der Waals surface area contributed by atoms with Crippen molar-refractivity contribution in [3.63, 3.8) is 0 Å². The molecule has 0 unspecified atom stereocenters. The molecule has 0 fully saturated rings. The van der Waals surface area contributed by atoms with Gasteiger partial charge >= 0.3 is 0 Å². The number of aryl methyl sites for hydroxylation is 1. The van der Waals surface area contributed by atoms with Crippen LogP contribution in [0, 0.1) is 6.92 Å². The maximum absolute atomic E-state index is 11.8. The standard InChI is InChI=1S/C12H16BrNO3S/c1-3-18(16,17)5-4-14-12(15)10-6-9(2)7-11(13)8-10/h6-8H,3-5H2,1-2H3,(H,14,15). The highest BCUT2D eigenvalue weighted by molar-refractivity contribution is 9.10. The highest BCUT2D eigenvalue weighted by Crippen LogP contribution is 2.15. The highest BCUT2D eigenvalue weighted by Gasteiger charge is 2.10. The smallest absolute Gasteiger partial charge is 0.251 e. The van der Waals surface area contributed by atoms with E-state index in [0.29, 0.717) is 5.56 Å². The van der Waals surface area contributed by atoms with E-state index >= 15 is 0 Å². The van der Waals surface area contributed by atoms with Crippen LogP contribution in [0.5, 0.6) is 0 Å². The molecule has 4 nitrogen and oxygen atoms in total. The third kappa shape index (κ3) is 4.78. The molecule has 100 valence electrons. The van der Waals surface area contributed by atoms with Crippen LogP contribution in [-0.4, -0.2) is 32.4 Å². The molecule has 0 aliphatic rings. The van der Waals surface area contributed by atoms with Gasteiger partial charge in [0.15, 0.2) is 9.84 Å². The maximum Gasteiger partial charge on any atom is 0.251 e. The third-order valence-corrected chi connectivity index (χ3v) is 4.61. The molecule has 0 radical (unpaired) electrons. The third-order valence-electron chi connectivity index (χ3n) is 2.44. The fourth-order valence-electron chi connectivity index (χ4n) is 1.43. The predicted octanol–water partition coefficient (Wildman–Crippen LogP) is 1.92. The van der Waals surface area contributed by atoms with Gasteiger partial charge in [0.2, 0.25) is 0 Å². The summed E-state index contributed by atoms with van der Waals surface area (Å²) in [5, 5.41) is 2.60. The minimum absolute atomic E-state index is 0.0256. The SMILES string of the molecule is CCS(=O)(=O)CCNC(=O)c1cc(C)cc(Br)c1. The average Bonchev–Trinajstić information content (AvgIpc) is 2.27. The van der Waals surface area contributed by atoms with E-state index in [2.05, 4.69) is 21.2 Å². The van der Waals surface area contributed by atoms with Crippen LogP contribution in [0.25, 0.3) is 0 Å². The number of hydrogen-bond acceptors (Lipinski definition) is 3. The van der Waals surface area contributed by atoms with Crippen LogP contribution < -0.4 is 5.32 Å². The topological polar surface area (TPSA) is 63.2 Å². The van der Waals surface area contributed by atoms with Gasteiger partial charge in [-0.15, -0.1) is 0 Å². The molecule has 0 bridgehead atoms. The van der Waals surface area contributed by atoms with Crippen molar-refractivity contribution in [3.05, 3.63) is 33.8 Å². The maximum atomic E-state index is 11.8. The zero-order chi connectivity index (χ0) is 13.8. The Morgan fingerprint density at radius 1 is 1.33 bits per heavy atom. The van der Waals surface area contributed by atoms with Crippen molar-refractivity contribution in [1.82, 2.24) is 5.32 Å². The van der Waals surface area contributed by atoms with Crippen molar-refractivity contribution >= 4 is 31.7 Å². The molecule has 1 amide bonds. The van der Waals surface area contributed by atoms with Crippen molar-refractivity contribution in [1.29, 1.82) is 0 Å². The summed E-state index contributed by atoms with van der Waals surface area (Å²) >= 11 is 3.32. The molecule has 0 aromatic heterocycles. The van der Waals surface area contributed by atoms with E-state index < -0.39 is 9.84 Å². The van der Waals surface area contributed by atoms with Gasteiger partial charge in [-0.05, 0) is 30.7 Å². The largest absolute Gasteiger partial charge is 0.351 e. The lowest BCUT2D eigenvalue weighted by atomic mass is 10.1. The first-order chi connectivity index (χ1) is 8.34. The number of nitrogens with one attached hydrogen (secondary N) is 1. The Kier molecular flexibility index (Phi) is 5.34. The van der Waals surface area contributed by atoms with Gasteiger partial charge in [0, 0.05) is 22.3 Å². The quantitative estimate of drug-likeness (QED) is 0.895. The highest BCUT2D eigenvalue weighted by atomic mass is 79.9. The van der Waals surface area contributed by atoms with Gasteiger partial charge in [0.25, 0.3) is 5.91 Å². The first kappa shape index (κ1) is 15.2. The summed E-state index contributed by atoms with van der Waals surface area (Å²) in [4.78, 5) is 11.8. The molecule has 0 spiro atoms. The molecule has 0 saturated carbocycles. The Balaban J connectivity index is 2.61. The Labute approximate surface area is 116 Å². The average molecular weight is 334 g/mol. The summed E-state index contributed by atoms with van der Waals surface area (Å²) < 4.78 is 23.4. The zero-order valence-corrected chi connectivity index (χ0v) is 12.8. The van der Waals surface area contributed by atoms with E-state index in [4.69, 9.17) is 0 Å². The van der Waals surface area contributed by atoms with Crippen molar-refractivity contribution in [2.75, 3.05) is 18.1 Å². The van der Waals surface area contributed by atoms with Gasteiger partial charge in [-0.2, -0.15) is 0 Å². The van der Waals surface area contributed by atoms with Crippen LogP contribution in [0.4, 0.5) is 0 Å². The van der Waals surface area contributed by atoms with Gasteiger partial charge in [-0.1, -0.05) is 22.9 Å². The molecule has 0 heterocycles. The minimum Gasteiger partial charge on any atom is -0.351 e. The predicted molar refractivity (Wildman–Crippen MR) is 75.5 cm³/mol. The zero-order valence-electron chi connectivity index (χ0n) is 10.4. The second kappa shape index (κ2) is 6.33. The molecular formula is C12H16BrNO3S. The van der Waals surface area contributed by atoms with E-state index in [0.717, 1.165) is 10.0 Å². The summed E-state index contributed by atoms with van der Waals surface area (Å²) in [6.07, 6.45) is 0.